The maximum atomic E-state index is 10.5. The van der Waals surface area contributed by atoms with E-state index in [1.807, 2.05) is 0 Å². The monoisotopic (exact) mass is 175 g/mol. The molecule has 0 saturated heterocycles. The van der Waals surface area contributed by atoms with Gasteiger partial charge in [-0.25, -0.2) is 0 Å². The number of unbranched alkanes of at least 4 members (excludes halogenated alkanes) is 3. The van der Waals surface area contributed by atoms with Gasteiger partial charge in [0.05, 0.1) is 5.25 Å². The van der Waals surface area contributed by atoms with Gasteiger partial charge in [0.15, 0.2) is 0 Å². The number of rotatable bonds is 6. The molecule has 0 heterocycles. The summed E-state index contributed by atoms with van der Waals surface area (Å²) in [6.45, 7) is 2.16. The van der Waals surface area contributed by atoms with Crippen LogP contribution in [0.4, 0.5) is 0 Å². The molecule has 3 heteroatoms. The van der Waals surface area contributed by atoms with Crippen molar-refractivity contribution in [3.05, 3.63) is 0 Å². The first-order valence-corrected chi connectivity index (χ1v) is 4.67. The van der Waals surface area contributed by atoms with Crippen LogP contribution in [0.15, 0.2) is 0 Å². The van der Waals surface area contributed by atoms with E-state index < -0.39 is 0 Å². The lowest BCUT2D eigenvalue weighted by atomic mass is 10.1. The van der Waals surface area contributed by atoms with Crippen LogP contribution in [-0.4, -0.2) is 11.2 Å². The van der Waals surface area contributed by atoms with Gasteiger partial charge in [-0.2, -0.15) is 12.6 Å². The maximum absolute atomic E-state index is 10.5. The molecular formula is C8H17NOS. The molecule has 0 aliphatic carbocycles. The van der Waals surface area contributed by atoms with Crippen LogP contribution in [0.25, 0.3) is 0 Å². The van der Waals surface area contributed by atoms with E-state index in [0.717, 1.165) is 12.8 Å². The molecule has 0 aliphatic rings. The van der Waals surface area contributed by atoms with Crippen LogP contribution in [0.5, 0.6) is 0 Å². The molecule has 0 unspecified atom stereocenters. The zero-order valence-electron chi connectivity index (χ0n) is 7.05. The Labute approximate surface area is 74.0 Å². The second-order valence-corrected chi connectivity index (χ2v) is 3.39. The van der Waals surface area contributed by atoms with Gasteiger partial charge in [-0.3, -0.25) is 4.79 Å². The van der Waals surface area contributed by atoms with Crippen LogP contribution in [0.2, 0.25) is 0 Å². The molecule has 2 nitrogen and oxygen atoms in total. The number of hydrogen-bond donors (Lipinski definition) is 2. The van der Waals surface area contributed by atoms with Crippen molar-refractivity contribution in [1.29, 1.82) is 0 Å². The number of primary amides is 1. The van der Waals surface area contributed by atoms with Crippen LogP contribution < -0.4 is 5.73 Å². The van der Waals surface area contributed by atoms with Crippen LogP contribution in [0.1, 0.15) is 39.0 Å². The largest absolute Gasteiger partial charge is 0.369 e. The molecule has 1 amide bonds. The molecule has 0 aliphatic heterocycles. The summed E-state index contributed by atoms with van der Waals surface area (Å²) in [5, 5.41) is -0.244. The Morgan fingerprint density at radius 1 is 1.45 bits per heavy atom. The van der Waals surface area contributed by atoms with Gasteiger partial charge < -0.3 is 5.73 Å². The van der Waals surface area contributed by atoms with Crippen molar-refractivity contribution >= 4 is 18.5 Å². The highest BCUT2D eigenvalue weighted by atomic mass is 32.1. The number of carbonyl (C=O) groups is 1. The summed E-state index contributed by atoms with van der Waals surface area (Å²) in [6.07, 6.45) is 5.51. The Balaban J connectivity index is 3.17. The third-order valence-electron chi connectivity index (χ3n) is 1.66. The molecule has 66 valence electrons. The van der Waals surface area contributed by atoms with Gasteiger partial charge >= 0.3 is 0 Å². The number of thiol groups is 1. The highest BCUT2D eigenvalue weighted by molar-refractivity contribution is 7.81. The minimum Gasteiger partial charge on any atom is -0.369 e. The van der Waals surface area contributed by atoms with Gasteiger partial charge in [0.2, 0.25) is 5.91 Å². The molecule has 0 saturated carbocycles. The Kier molecular flexibility index (Phi) is 6.42. The third-order valence-corrected chi connectivity index (χ3v) is 2.17. The lowest BCUT2D eigenvalue weighted by Crippen LogP contribution is -2.23. The molecule has 1 atom stereocenters. The second kappa shape index (κ2) is 6.53. The van der Waals surface area contributed by atoms with Gasteiger partial charge in [-0.05, 0) is 6.42 Å². The topological polar surface area (TPSA) is 43.1 Å². The lowest BCUT2D eigenvalue weighted by Gasteiger charge is -2.04. The van der Waals surface area contributed by atoms with E-state index in [4.69, 9.17) is 5.73 Å². The molecular weight excluding hydrogens is 158 g/mol. The summed E-state index contributed by atoms with van der Waals surface area (Å²) in [5.41, 5.74) is 5.04. The average Bonchev–Trinajstić information content (AvgIpc) is 1.97. The first kappa shape index (κ1) is 10.8. The standard InChI is InChI=1S/C8H17NOS/c1-2-3-4-5-6-7(11)8(9)10/h7,11H,2-6H2,1H3,(H2,9,10)/t7-/m1/s1. The molecule has 2 N–H and O–H groups in total. The van der Waals surface area contributed by atoms with Gasteiger partial charge in [-0.1, -0.05) is 32.6 Å². The van der Waals surface area contributed by atoms with Crippen LogP contribution in [-0.2, 0) is 4.79 Å². The van der Waals surface area contributed by atoms with Crippen LogP contribution in [0.3, 0.4) is 0 Å². The van der Waals surface area contributed by atoms with Crippen molar-refractivity contribution in [2.24, 2.45) is 5.73 Å². The van der Waals surface area contributed by atoms with Crippen LogP contribution in [0, 0.1) is 0 Å². The molecule has 0 aromatic carbocycles. The van der Waals surface area contributed by atoms with E-state index in [1.165, 1.54) is 19.3 Å². The van der Waals surface area contributed by atoms with Crippen molar-refractivity contribution in [3.8, 4) is 0 Å². The van der Waals surface area contributed by atoms with Crippen LogP contribution >= 0.6 is 12.6 Å². The maximum Gasteiger partial charge on any atom is 0.230 e. The minimum absolute atomic E-state index is 0.244. The molecule has 0 rings (SSSR count). The second-order valence-electron chi connectivity index (χ2n) is 2.77. The highest BCUT2D eigenvalue weighted by Gasteiger charge is 2.07. The highest BCUT2D eigenvalue weighted by Crippen LogP contribution is 2.08. The summed E-state index contributed by atoms with van der Waals surface area (Å²) in [7, 11) is 0. The van der Waals surface area contributed by atoms with Gasteiger partial charge in [-0.15, -0.1) is 0 Å². The number of amides is 1. The van der Waals surface area contributed by atoms with Gasteiger partial charge in [0.25, 0.3) is 0 Å². The molecule has 0 spiro atoms. The van der Waals surface area contributed by atoms with Crippen molar-refractivity contribution in [3.63, 3.8) is 0 Å². The van der Waals surface area contributed by atoms with E-state index >= 15 is 0 Å². The first-order valence-electron chi connectivity index (χ1n) is 4.16. The van der Waals surface area contributed by atoms with E-state index in [0.29, 0.717) is 0 Å². The summed E-state index contributed by atoms with van der Waals surface area (Å²) < 4.78 is 0. The molecule has 0 fully saturated rings. The number of hydrogen-bond acceptors (Lipinski definition) is 2. The lowest BCUT2D eigenvalue weighted by molar-refractivity contribution is -0.117. The molecule has 0 aromatic heterocycles. The Hall–Kier alpha value is -0.180. The van der Waals surface area contributed by atoms with E-state index in [9.17, 15) is 4.79 Å². The van der Waals surface area contributed by atoms with Gasteiger partial charge in [0, 0.05) is 0 Å². The average molecular weight is 175 g/mol. The SMILES string of the molecule is CCCCCC[C@@H](S)C(N)=O. The molecule has 11 heavy (non-hydrogen) atoms. The van der Waals surface area contributed by atoms with Crippen molar-refractivity contribution < 1.29 is 4.79 Å². The smallest absolute Gasteiger partial charge is 0.230 e. The van der Waals surface area contributed by atoms with E-state index in [1.54, 1.807) is 0 Å². The molecule has 0 radical (unpaired) electrons. The van der Waals surface area contributed by atoms with Gasteiger partial charge in [0.1, 0.15) is 0 Å². The quantitative estimate of drug-likeness (QED) is 0.468. The van der Waals surface area contributed by atoms with Crippen molar-refractivity contribution in [2.45, 2.75) is 44.3 Å². The Morgan fingerprint density at radius 2 is 2.09 bits per heavy atom. The zero-order chi connectivity index (χ0) is 8.69. The fraction of sp³-hybridized carbons (Fsp3) is 0.875. The fourth-order valence-electron chi connectivity index (χ4n) is 0.907. The van der Waals surface area contributed by atoms with E-state index in [2.05, 4.69) is 19.6 Å². The normalized spacial score (nSPS) is 12.9. The summed E-state index contributed by atoms with van der Waals surface area (Å²) in [4.78, 5) is 10.5. The molecule has 0 bridgehead atoms. The number of carbonyl (C=O) groups excluding carboxylic acids is 1. The third kappa shape index (κ3) is 6.23. The van der Waals surface area contributed by atoms with E-state index in [-0.39, 0.29) is 11.2 Å². The Bertz CT molecular complexity index is 117. The minimum atomic E-state index is -0.301. The van der Waals surface area contributed by atoms with Crippen molar-refractivity contribution in [2.75, 3.05) is 0 Å². The first-order chi connectivity index (χ1) is 5.18. The van der Waals surface area contributed by atoms with Crippen molar-refractivity contribution in [1.82, 2.24) is 0 Å². The predicted octanol–water partition coefficient (Wildman–Crippen LogP) is 1.74. The molecule has 0 aromatic rings. The zero-order valence-corrected chi connectivity index (χ0v) is 7.94. The predicted molar refractivity (Wildman–Crippen MR) is 50.7 cm³/mol. The Morgan fingerprint density at radius 3 is 2.55 bits per heavy atom. The summed E-state index contributed by atoms with van der Waals surface area (Å²) in [6, 6.07) is 0. The summed E-state index contributed by atoms with van der Waals surface area (Å²) >= 11 is 4.05. The summed E-state index contributed by atoms with van der Waals surface area (Å²) in [5.74, 6) is -0.301. The fourth-order valence-corrected chi connectivity index (χ4v) is 1.09. The number of nitrogens with two attached hydrogens (primary N) is 1.